The number of ether oxygens (including phenoxy) is 1. The molecule has 4 rings (SSSR count). The number of nitrogens with zero attached hydrogens (tertiary/aromatic N) is 3. The number of benzene rings is 1. The highest BCUT2D eigenvalue weighted by Crippen LogP contribution is 2.29. The van der Waals surface area contributed by atoms with E-state index in [0.29, 0.717) is 24.8 Å². The summed E-state index contributed by atoms with van der Waals surface area (Å²) >= 11 is 0. The molecular formula is C23H30N4O2. The van der Waals surface area contributed by atoms with Gasteiger partial charge in [-0.3, -0.25) is 9.78 Å². The number of aromatic nitrogens is 1. The highest BCUT2D eigenvalue weighted by Gasteiger charge is 2.22. The molecule has 3 heterocycles. The largest absolute Gasteiger partial charge is 0.378 e. The zero-order valence-corrected chi connectivity index (χ0v) is 17.1. The molecule has 0 aliphatic carbocycles. The summed E-state index contributed by atoms with van der Waals surface area (Å²) in [7, 11) is 0. The predicted molar refractivity (Wildman–Crippen MR) is 117 cm³/mol. The fourth-order valence-corrected chi connectivity index (χ4v) is 4.33. The summed E-state index contributed by atoms with van der Waals surface area (Å²) in [6.07, 6.45) is 8.33. The number of rotatable bonds is 5. The summed E-state index contributed by atoms with van der Waals surface area (Å²) in [5, 5.41) is 3.10. The molecule has 1 unspecified atom stereocenters. The molecule has 1 aromatic carbocycles. The fraction of sp³-hybridized carbons (Fsp3) is 0.478. The van der Waals surface area contributed by atoms with Crippen molar-refractivity contribution in [3.63, 3.8) is 0 Å². The first-order chi connectivity index (χ1) is 14.3. The number of para-hydroxylation sites is 2. The van der Waals surface area contributed by atoms with Gasteiger partial charge in [-0.1, -0.05) is 19.1 Å². The van der Waals surface area contributed by atoms with Gasteiger partial charge in [-0.15, -0.1) is 0 Å². The van der Waals surface area contributed by atoms with E-state index >= 15 is 0 Å². The Morgan fingerprint density at radius 3 is 2.83 bits per heavy atom. The van der Waals surface area contributed by atoms with E-state index in [2.05, 4.69) is 33.1 Å². The summed E-state index contributed by atoms with van der Waals surface area (Å²) in [6, 6.07) is 10.5. The van der Waals surface area contributed by atoms with Crippen LogP contribution in [0.3, 0.4) is 0 Å². The monoisotopic (exact) mass is 394 g/mol. The molecule has 0 radical (unpaired) electrons. The quantitative estimate of drug-likeness (QED) is 0.832. The van der Waals surface area contributed by atoms with Crippen LogP contribution in [0.25, 0.3) is 0 Å². The number of carbonyl (C=O) groups excluding carboxylic acids is 1. The lowest BCUT2D eigenvalue weighted by atomic mass is 9.99. The minimum absolute atomic E-state index is 0.120. The van der Waals surface area contributed by atoms with Gasteiger partial charge in [0.25, 0.3) is 5.91 Å². The van der Waals surface area contributed by atoms with Crippen molar-refractivity contribution < 1.29 is 9.53 Å². The number of nitrogens with one attached hydrogen (secondary N) is 1. The number of hydrogen-bond donors (Lipinski definition) is 1. The standard InChI is InChI=1S/C23H30N4O2/c1-2-19-7-5-6-10-27(19)20-15-18(16-24-17-20)23(28)25-21-8-3-4-9-22(21)26-11-13-29-14-12-26/h3-4,8-9,15-17,19H,2,5-7,10-14H2,1H3,(H,25,28). The van der Waals surface area contributed by atoms with Crippen LogP contribution in [0.15, 0.2) is 42.7 Å². The van der Waals surface area contributed by atoms with Crippen molar-refractivity contribution in [2.24, 2.45) is 0 Å². The Bertz CT molecular complexity index is 835. The lowest BCUT2D eigenvalue weighted by Crippen LogP contribution is -2.39. The molecule has 1 aromatic heterocycles. The van der Waals surface area contributed by atoms with Crippen molar-refractivity contribution in [3.8, 4) is 0 Å². The van der Waals surface area contributed by atoms with Crippen LogP contribution in [0.4, 0.5) is 17.1 Å². The highest BCUT2D eigenvalue weighted by molar-refractivity contribution is 6.06. The molecule has 2 aliphatic rings. The van der Waals surface area contributed by atoms with Gasteiger partial charge < -0.3 is 19.9 Å². The second-order valence-corrected chi connectivity index (χ2v) is 7.75. The zero-order chi connectivity index (χ0) is 20.1. The van der Waals surface area contributed by atoms with E-state index in [1.165, 1.54) is 19.3 Å². The van der Waals surface area contributed by atoms with E-state index in [1.807, 2.05) is 30.5 Å². The first kappa shape index (κ1) is 19.7. The average Bonchev–Trinajstić information content (AvgIpc) is 2.80. The van der Waals surface area contributed by atoms with Gasteiger partial charge >= 0.3 is 0 Å². The van der Waals surface area contributed by atoms with Crippen molar-refractivity contribution >= 4 is 23.0 Å². The normalized spacial score (nSPS) is 19.8. The molecule has 2 fully saturated rings. The van der Waals surface area contributed by atoms with E-state index < -0.39 is 0 Å². The van der Waals surface area contributed by atoms with Gasteiger partial charge in [-0.2, -0.15) is 0 Å². The van der Waals surface area contributed by atoms with E-state index in [1.54, 1.807) is 6.20 Å². The van der Waals surface area contributed by atoms with E-state index in [4.69, 9.17) is 4.74 Å². The Kier molecular flexibility index (Phi) is 6.30. The van der Waals surface area contributed by atoms with Gasteiger partial charge in [-0.05, 0) is 43.9 Å². The Morgan fingerprint density at radius 2 is 2.00 bits per heavy atom. The van der Waals surface area contributed by atoms with Gasteiger partial charge in [0.2, 0.25) is 0 Å². The van der Waals surface area contributed by atoms with Crippen LogP contribution in [0.2, 0.25) is 0 Å². The third kappa shape index (κ3) is 4.53. The lowest BCUT2D eigenvalue weighted by Gasteiger charge is -2.37. The molecular weight excluding hydrogens is 364 g/mol. The first-order valence-corrected chi connectivity index (χ1v) is 10.7. The lowest BCUT2D eigenvalue weighted by molar-refractivity contribution is 0.102. The zero-order valence-electron chi connectivity index (χ0n) is 17.1. The van der Waals surface area contributed by atoms with Gasteiger partial charge in [-0.25, -0.2) is 0 Å². The number of amides is 1. The van der Waals surface area contributed by atoms with Crippen LogP contribution >= 0.6 is 0 Å². The summed E-state index contributed by atoms with van der Waals surface area (Å²) in [4.78, 5) is 22.1. The maximum absolute atomic E-state index is 13.0. The van der Waals surface area contributed by atoms with Crippen LogP contribution in [0.1, 0.15) is 43.0 Å². The molecule has 2 aliphatic heterocycles. The summed E-state index contributed by atoms with van der Waals surface area (Å²) < 4.78 is 5.46. The molecule has 29 heavy (non-hydrogen) atoms. The van der Waals surface area contributed by atoms with Gasteiger partial charge in [0.05, 0.1) is 42.0 Å². The van der Waals surface area contributed by atoms with Gasteiger partial charge in [0, 0.05) is 31.9 Å². The van der Waals surface area contributed by atoms with Crippen LogP contribution in [-0.2, 0) is 4.74 Å². The Hall–Kier alpha value is -2.60. The second kappa shape index (κ2) is 9.27. The number of pyridine rings is 1. The molecule has 1 atom stereocenters. The van der Waals surface area contributed by atoms with Crippen LogP contribution in [0, 0.1) is 0 Å². The van der Waals surface area contributed by atoms with Gasteiger partial charge in [0.1, 0.15) is 0 Å². The smallest absolute Gasteiger partial charge is 0.257 e. The molecule has 1 N–H and O–H groups in total. The molecule has 0 saturated carbocycles. The van der Waals surface area contributed by atoms with Gasteiger partial charge in [0.15, 0.2) is 0 Å². The third-order valence-electron chi connectivity index (χ3n) is 5.92. The maximum Gasteiger partial charge on any atom is 0.257 e. The fourth-order valence-electron chi connectivity index (χ4n) is 4.33. The minimum Gasteiger partial charge on any atom is -0.378 e. The van der Waals surface area contributed by atoms with Crippen LogP contribution in [-0.4, -0.2) is 49.8 Å². The third-order valence-corrected chi connectivity index (χ3v) is 5.92. The molecule has 154 valence electrons. The van der Waals surface area contributed by atoms with E-state index in [-0.39, 0.29) is 5.91 Å². The molecule has 1 amide bonds. The summed E-state index contributed by atoms with van der Waals surface area (Å²) in [5.74, 6) is -0.120. The summed E-state index contributed by atoms with van der Waals surface area (Å²) in [5.41, 5.74) is 3.51. The molecule has 6 heteroatoms. The average molecular weight is 395 g/mol. The van der Waals surface area contributed by atoms with Crippen molar-refractivity contribution in [1.29, 1.82) is 0 Å². The number of carbonyl (C=O) groups is 1. The number of anilines is 3. The van der Waals surface area contributed by atoms with Crippen LogP contribution < -0.4 is 15.1 Å². The van der Waals surface area contributed by atoms with E-state index in [0.717, 1.165) is 43.1 Å². The topological polar surface area (TPSA) is 57.7 Å². The van der Waals surface area contributed by atoms with Crippen LogP contribution in [0.5, 0.6) is 0 Å². The number of hydrogen-bond acceptors (Lipinski definition) is 5. The Labute approximate surface area is 172 Å². The molecule has 2 saturated heterocycles. The predicted octanol–water partition coefficient (Wildman–Crippen LogP) is 3.94. The Balaban J connectivity index is 1.52. The SMILES string of the molecule is CCC1CCCCN1c1cncc(C(=O)Nc2ccccc2N2CCOCC2)c1. The second-order valence-electron chi connectivity index (χ2n) is 7.75. The highest BCUT2D eigenvalue weighted by atomic mass is 16.5. The minimum atomic E-state index is -0.120. The van der Waals surface area contributed by atoms with Crippen molar-refractivity contribution in [2.45, 2.75) is 38.6 Å². The van der Waals surface area contributed by atoms with Crippen molar-refractivity contribution in [1.82, 2.24) is 4.98 Å². The molecule has 2 aromatic rings. The maximum atomic E-state index is 13.0. The molecule has 0 bridgehead atoms. The molecule has 6 nitrogen and oxygen atoms in total. The number of piperidine rings is 1. The first-order valence-electron chi connectivity index (χ1n) is 10.7. The van der Waals surface area contributed by atoms with Crippen molar-refractivity contribution in [3.05, 3.63) is 48.3 Å². The number of morpholine rings is 1. The summed E-state index contributed by atoms with van der Waals surface area (Å²) in [6.45, 7) is 6.35. The molecule has 0 spiro atoms. The van der Waals surface area contributed by atoms with Crippen molar-refractivity contribution in [2.75, 3.05) is 48.0 Å². The van der Waals surface area contributed by atoms with E-state index in [9.17, 15) is 4.79 Å². The Morgan fingerprint density at radius 1 is 1.17 bits per heavy atom.